The van der Waals surface area contributed by atoms with Crippen LogP contribution in [-0.2, 0) is 5.41 Å². The molecule has 1 spiro atoms. The predicted molar refractivity (Wildman–Crippen MR) is 93.4 cm³/mol. The summed E-state index contributed by atoms with van der Waals surface area (Å²) < 4.78 is 6.42. The zero-order chi connectivity index (χ0) is 17.1. The maximum atomic E-state index is 11.1. The smallest absolute Gasteiger partial charge is 0.273 e. The molecule has 2 aliphatic rings. The van der Waals surface area contributed by atoms with Crippen LogP contribution in [-0.4, -0.2) is 17.7 Å². The van der Waals surface area contributed by atoms with E-state index in [-0.39, 0.29) is 11.1 Å². The summed E-state index contributed by atoms with van der Waals surface area (Å²) in [6, 6.07) is 13.0. The van der Waals surface area contributed by atoms with Crippen molar-refractivity contribution in [3.8, 4) is 5.75 Å². The molecule has 0 N–H and O–H groups in total. The summed E-state index contributed by atoms with van der Waals surface area (Å²) in [6.45, 7) is 4.28. The molecular formula is C19H18N2O3. The van der Waals surface area contributed by atoms with E-state index in [1.807, 2.05) is 25.3 Å². The van der Waals surface area contributed by atoms with E-state index in [1.165, 1.54) is 17.7 Å². The van der Waals surface area contributed by atoms with Crippen LogP contribution >= 0.6 is 0 Å². The van der Waals surface area contributed by atoms with Crippen molar-refractivity contribution in [2.24, 2.45) is 0 Å². The second kappa shape index (κ2) is 4.60. The molecule has 5 nitrogen and oxygen atoms in total. The molecule has 0 amide bonds. The van der Waals surface area contributed by atoms with E-state index in [4.69, 9.17) is 4.74 Å². The second-order valence-electron chi connectivity index (χ2n) is 6.81. The fraction of sp³-hybridized carbons (Fsp3) is 0.263. The van der Waals surface area contributed by atoms with E-state index in [1.54, 1.807) is 6.07 Å². The third kappa shape index (κ3) is 1.69. The molecule has 2 heterocycles. The number of hydrogen-bond acceptors (Lipinski definition) is 4. The van der Waals surface area contributed by atoms with Crippen molar-refractivity contribution in [1.82, 2.24) is 0 Å². The fourth-order valence-corrected chi connectivity index (χ4v) is 3.87. The Kier molecular flexibility index (Phi) is 2.83. The van der Waals surface area contributed by atoms with Crippen LogP contribution in [0.1, 0.15) is 25.0 Å². The second-order valence-corrected chi connectivity index (χ2v) is 6.81. The Labute approximate surface area is 140 Å². The molecule has 4 rings (SSSR count). The molecule has 5 heteroatoms. The van der Waals surface area contributed by atoms with Gasteiger partial charge >= 0.3 is 0 Å². The average Bonchev–Trinajstić information content (AvgIpc) is 2.74. The number of hydrogen-bond donors (Lipinski definition) is 0. The van der Waals surface area contributed by atoms with Gasteiger partial charge in [-0.2, -0.15) is 0 Å². The number of fused-ring (bicyclic) bond motifs is 2. The van der Waals surface area contributed by atoms with Gasteiger partial charge in [-0.15, -0.1) is 0 Å². The maximum Gasteiger partial charge on any atom is 0.273 e. The molecule has 1 atom stereocenters. The van der Waals surface area contributed by atoms with Gasteiger partial charge in [0.1, 0.15) is 5.75 Å². The van der Waals surface area contributed by atoms with E-state index < -0.39 is 10.6 Å². The van der Waals surface area contributed by atoms with E-state index in [0.29, 0.717) is 5.75 Å². The number of nitro benzene ring substituents is 1. The van der Waals surface area contributed by atoms with Gasteiger partial charge in [-0.25, -0.2) is 0 Å². The largest absolute Gasteiger partial charge is 0.463 e. The van der Waals surface area contributed by atoms with Crippen molar-refractivity contribution in [1.29, 1.82) is 0 Å². The highest BCUT2D eigenvalue weighted by atomic mass is 16.6. The van der Waals surface area contributed by atoms with E-state index in [0.717, 1.165) is 11.3 Å². The number of rotatable bonds is 1. The van der Waals surface area contributed by atoms with Crippen LogP contribution in [0.5, 0.6) is 5.75 Å². The SMILES string of the molecule is CN1c2ccccc2C(C)(C)[C@@]12C=Cc1ccc([N+](=O)[O-])cc1O2. The minimum atomic E-state index is -0.709. The number of benzene rings is 2. The van der Waals surface area contributed by atoms with Gasteiger partial charge in [0.2, 0.25) is 5.72 Å². The molecule has 24 heavy (non-hydrogen) atoms. The number of likely N-dealkylation sites (N-methyl/N-ethyl adjacent to an activating group) is 1. The molecule has 2 aromatic rings. The van der Waals surface area contributed by atoms with Crippen LogP contribution < -0.4 is 9.64 Å². The molecule has 2 aromatic carbocycles. The molecule has 2 aliphatic heterocycles. The van der Waals surface area contributed by atoms with Crippen LogP contribution in [0.2, 0.25) is 0 Å². The summed E-state index contributed by atoms with van der Waals surface area (Å²) >= 11 is 0. The summed E-state index contributed by atoms with van der Waals surface area (Å²) in [4.78, 5) is 12.8. The van der Waals surface area contributed by atoms with Gasteiger partial charge < -0.3 is 9.64 Å². The summed E-state index contributed by atoms with van der Waals surface area (Å²) in [7, 11) is 2.00. The topological polar surface area (TPSA) is 55.6 Å². The molecule has 0 aliphatic carbocycles. The number of nitro groups is 1. The summed E-state index contributed by atoms with van der Waals surface area (Å²) in [6.07, 6.45) is 4.05. The lowest BCUT2D eigenvalue weighted by atomic mass is 9.76. The lowest BCUT2D eigenvalue weighted by Crippen LogP contribution is -2.58. The first kappa shape index (κ1) is 14.8. The van der Waals surface area contributed by atoms with Crippen molar-refractivity contribution in [2.45, 2.75) is 25.0 Å². The Morgan fingerprint density at radius 2 is 1.92 bits per heavy atom. The van der Waals surface area contributed by atoms with Crippen LogP contribution in [0, 0.1) is 10.1 Å². The van der Waals surface area contributed by atoms with Gasteiger partial charge in [-0.05, 0) is 43.7 Å². The number of anilines is 1. The van der Waals surface area contributed by atoms with Gasteiger partial charge in [0, 0.05) is 24.4 Å². The average molecular weight is 322 g/mol. The molecule has 0 radical (unpaired) electrons. The number of nitrogens with zero attached hydrogens (tertiary/aromatic N) is 2. The molecule has 0 bridgehead atoms. The maximum absolute atomic E-state index is 11.1. The van der Waals surface area contributed by atoms with Crippen LogP contribution in [0.3, 0.4) is 0 Å². The van der Waals surface area contributed by atoms with E-state index >= 15 is 0 Å². The monoisotopic (exact) mass is 322 g/mol. The van der Waals surface area contributed by atoms with Gasteiger partial charge in [-0.3, -0.25) is 10.1 Å². The highest BCUT2D eigenvalue weighted by Gasteiger charge is 2.57. The van der Waals surface area contributed by atoms with Crippen LogP contribution in [0.15, 0.2) is 48.5 Å². The van der Waals surface area contributed by atoms with Gasteiger partial charge in [-0.1, -0.05) is 18.2 Å². The minimum absolute atomic E-state index is 0.0372. The standard InChI is InChI=1S/C19H18N2O3/c1-18(2)15-6-4-5-7-16(15)20(3)19(18)11-10-13-8-9-14(21(22)23)12-17(13)24-19/h4-12H,1-3H3/t19-/m0/s1. The van der Waals surface area contributed by atoms with Crippen LogP contribution in [0.25, 0.3) is 6.08 Å². The van der Waals surface area contributed by atoms with E-state index in [9.17, 15) is 10.1 Å². The first-order valence-corrected chi connectivity index (χ1v) is 7.87. The third-order valence-electron chi connectivity index (χ3n) is 5.29. The molecule has 0 unspecified atom stereocenters. The minimum Gasteiger partial charge on any atom is -0.463 e. The highest BCUT2D eigenvalue weighted by molar-refractivity contribution is 5.72. The Balaban J connectivity index is 1.87. The lowest BCUT2D eigenvalue weighted by molar-refractivity contribution is -0.385. The normalized spacial score (nSPS) is 22.9. The Morgan fingerprint density at radius 1 is 1.17 bits per heavy atom. The predicted octanol–water partition coefficient (Wildman–Crippen LogP) is 4.12. The van der Waals surface area contributed by atoms with Crippen molar-refractivity contribution in [3.05, 3.63) is 69.8 Å². The zero-order valence-electron chi connectivity index (χ0n) is 13.8. The number of ether oxygens (including phenoxy) is 1. The fourth-order valence-electron chi connectivity index (χ4n) is 3.87. The highest BCUT2D eigenvalue weighted by Crippen LogP contribution is 2.54. The number of para-hydroxylation sites is 1. The molecular weight excluding hydrogens is 304 g/mol. The molecule has 0 saturated carbocycles. The quantitative estimate of drug-likeness (QED) is 0.585. The summed E-state index contributed by atoms with van der Waals surface area (Å²) in [5.74, 6) is 0.541. The van der Waals surface area contributed by atoms with E-state index in [2.05, 4.69) is 37.0 Å². The third-order valence-corrected chi connectivity index (χ3v) is 5.29. The summed E-state index contributed by atoms with van der Waals surface area (Å²) in [5, 5.41) is 11.1. The lowest BCUT2D eigenvalue weighted by Gasteiger charge is -2.45. The summed E-state index contributed by atoms with van der Waals surface area (Å²) in [5.41, 5.74) is 2.18. The molecule has 0 fully saturated rings. The molecule has 122 valence electrons. The molecule has 0 aromatic heterocycles. The number of non-ortho nitro benzene ring substituents is 1. The van der Waals surface area contributed by atoms with Crippen molar-refractivity contribution >= 4 is 17.5 Å². The Hall–Kier alpha value is -2.82. The van der Waals surface area contributed by atoms with Crippen molar-refractivity contribution in [3.63, 3.8) is 0 Å². The van der Waals surface area contributed by atoms with Crippen molar-refractivity contribution in [2.75, 3.05) is 11.9 Å². The van der Waals surface area contributed by atoms with Gasteiger partial charge in [0.25, 0.3) is 5.69 Å². The van der Waals surface area contributed by atoms with Crippen molar-refractivity contribution < 1.29 is 9.66 Å². The first-order chi connectivity index (χ1) is 11.4. The van der Waals surface area contributed by atoms with Gasteiger partial charge in [0.15, 0.2) is 0 Å². The molecule has 0 saturated heterocycles. The van der Waals surface area contributed by atoms with Crippen LogP contribution in [0.4, 0.5) is 11.4 Å². The van der Waals surface area contributed by atoms with Gasteiger partial charge in [0.05, 0.1) is 16.4 Å². The first-order valence-electron chi connectivity index (χ1n) is 7.87. The Morgan fingerprint density at radius 3 is 2.62 bits per heavy atom. The zero-order valence-corrected chi connectivity index (χ0v) is 13.8. The Bertz CT molecular complexity index is 888.